The molecule has 2 aromatic rings. The summed E-state index contributed by atoms with van der Waals surface area (Å²) in [6, 6.07) is 3.27. The fraction of sp³-hybridized carbons (Fsp3) is 0.267. The molecule has 8 heteroatoms. The van der Waals surface area contributed by atoms with Crippen LogP contribution in [0.5, 0.6) is 0 Å². The van der Waals surface area contributed by atoms with Gasteiger partial charge in [-0.1, -0.05) is 6.92 Å². The topological polar surface area (TPSA) is 100 Å². The maximum absolute atomic E-state index is 11.9. The van der Waals surface area contributed by atoms with E-state index in [4.69, 9.17) is 4.42 Å². The molecule has 0 bridgehead atoms. The molecule has 0 saturated heterocycles. The molecule has 0 fully saturated rings. The number of nitrogens with one attached hydrogen (secondary N) is 3. The summed E-state index contributed by atoms with van der Waals surface area (Å²) in [5.41, 5.74) is 5.96. The summed E-state index contributed by atoms with van der Waals surface area (Å²) in [4.78, 5) is 36.8. The zero-order valence-corrected chi connectivity index (χ0v) is 13.6. The van der Waals surface area contributed by atoms with Crippen molar-refractivity contribution >= 4 is 29.1 Å². The third kappa shape index (κ3) is 4.43. The Hall–Kier alpha value is -2.61. The number of carbonyl (C=O) groups is 3. The number of aryl methyl sites for hydroxylation is 2. The SMILES string of the molecule is CCc1sc(C(=O)NNC(=O)CNC(=O)c2ccoc2)cc1C. The standard InChI is InChI=1S/C15H17N3O4S/c1-3-11-9(2)6-12(23-11)15(21)18-17-13(19)7-16-14(20)10-4-5-22-8-10/h4-6,8H,3,7H2,1-2H3,(H,16,20)(H,17,19)(H,18,21). The van der Waals surface area contributed by atoms with Crippen LogP contribution in [0.1, 0.15) is 37.4 Å². The minimum absolute atomic E-state index is 0.256. The van der Waals surface area contributed by atoms with Gasteiger partial charge in [0.2, 0.25) is 0 Å². The van der Waals surface area contributed by atoms with Crippen molar-refractivity contribution in [1.29, 1.82) is 0 Å². The lowest BCUT2D eigenvalue weighted by Gasteiger charge is -2.07. The van der Waals surface area contributed by atoms with E-state index in [1.165, 1.54) is 29.9 Å². The molecule has 2 aromatic heterocycles. The van der Waals surface area contributed by atoms with E-state index in [0.29, 0.717) is 10.4 Å². The average Bonchev–Trinajstić information content (AvgIpc) is 3.19. The van der Waals surface area contributed by atoms with Gasteiger partial charge in [0.05, 0.1) is 23.2 Å². The minimum atomic E-state index is -0.529. The van der Waals surface area contributed by atoms with Gasteiger partial charge in [-0.05, 0) is 31.0 Å². The van der Waals surface area contributed by atoms with Crippen LogP contribution in [-0.2, 0) is 11.2 Å². The molecule has 2 heterocycles. The molecule has 0 aromatic carbocycles. The van der Waals surface area contributed by atoms with Gasteiger partial charge in [-0.2, -0.15) is 0 Å². The predicted octanol–water partition coefficient (Wildman–Crippen LogP) is 1.40. The highest BCUT2D eigenvalue weighted by Gasteiger charge is 2.13. The zero-order valence-electron chi connectivity index (χ0n) is 12.8. The molecule has 0 atom stereocenters. The lowest BCUT2D eigenvalue weighted by Crippen LogP contribution is -2.46. The van der Waals surface area contributed by atoms with E-state index in [2.05, 4.69) is 16.2 Å². The predicted molar refractivity (Wildman–Crippen MR) is 85.1 cm³/mol. The lowest BCUT2D eigenvalue weighted by molar-refractivity contribution is -0.120. The highest BCUT2D eigenvalue weighted by atomic mass is 32.1. The number of hydrogen-bond acceptors (Lipinski definition) is 5. The molecule has 0 aliphatic rings. The van der Waals surface area contributed by atoms with Crippen LogP contribution < -0.4 is 16.2 Å². The lowest BCUT2D eigenvalue weighted by atomic mass is 10.2. The van der Waals surface area contributed by atoms with Crippen LogP contribution >= 0.6 is 11.3 Å². The molecule has 0 aliphatic carbocycles. The monoisotopic (exact) mass is 335 g/mol. The molecule has 0 saturated carbocycles. The smallest absolute Gasteiger partial charge is 0.279 e. The highest BCUT2D eigenvalue weighted by molar-refractivity contribution is 7.14. The molecule has 0 radical (unpaired) electrons. The normalized spacial score (nSPS) is 10.2. The summed E-state index contributed by atoms with van der Waals surface area (Å²) >= 11 is 1.39. The first kappa shape index (κ1) is 16.8. The van der Waals surface area contributed by atoms with Gasteiger partial charge in [0.1, 0.15) is 6.26 Å². The average molecular weight is 335 g/mol. The minimum Gasteiger partial charge on any atom is -0.472 e. The second kappa shape index (κ2) is 7.59. The highest BCUT2D eigenvalue weighted by Crippen LogP contribution is 2.21. The largest absolute Gasteiger partial charge is 0.472 e. The second-order valence-corrected chi connectivity index (χ2v) is 5.90. The Morgan fingerprint density at radius 3 is 2.61 bits per heavy atom. The number of furan rings is 1. The van der Waals surface area contributed by atoms with Crippen LogP contribution in [0.2, 0.25) is 0 Å². The molecule has 0 unspecified atom stereocenters. The number of amides is 3. The molecular weight excluding hydrogens is 318 g/mol. The van der Waals surface area contributed by atoms with Crippen molar-refractivity contribution in [3.05, 3.63) is 45.5 Å². The Bertz CT molecular complexity index is 706. The van der Waals surface area contributed by atoms with Gasteiger partial charge in [-0.15, -0.1) is 11.3 Å². The van der Waals surface area contributed by atoms with Gasteiger partial charge in [-0.3, -0.25) is 25.2 Å². The van der Waals surface area contributed by atoms with Crippen LogP contribution in [-0.4, -0.2) is 24.3 Å². The summed E-state index contributed by atoms with van der Waals surface area (Å²) in [6.45, 7) is 3.70. The number of hydrazine groups is 1. The van der Waals surface area contributed by atoms with Gasteiger partial charge in [0, 0.05) is 4.88 Å². The van der Waals surface area contributed by atoms with Crippen molar-refractivity contribution in [3.63, 3.8) is 0 Å². The van der Waals surface area contributed by atoms with Crippen LogP contribution in [0.25, 0.3) is 0 Å². The molecule has 3 amide bonds. The second-order valence-electron chi connectivity index (χ2n) is 4.77. The molecule has 23 heavy (non-hydrogen) atoms. The third-order valence-electron chi connectivity index (χ3n) is 3.07. The van der Waals surface area contributed by atoms with Crippen LogP contribution in [0, 0.1) is 6.92 Å². The van der Waals surface area contributed by atoms with Crippen molar-refractivity contribution < 1.29 is 18.8 Å². The summed E-state index contributed by atoms with van der Waals surface area (Å²) in [6.07, 6.45) is 3.50. The van der Waals surface area contributed by atoms with Gasteiger partial charge in [0.15, 0.2) is 0 Å². The Morgan fingerprint density at radius 1 is 1.22 bits per heavy atom. The van der Waals surface area contributed by atoms with Crippen LogP contribution in [0.3, 0.4) is 0 Å². The molecule has 3 N–H and O–H groups in total. The van der Waals surface area contributed by atoms with Crippen molar-refractivity contribution in [3.8, 4) is 0 Å². The summed E-state index contributed by atoms with van der Waals surface area (Å²) in [5, 5.41) is 2.41. The van der Waals surface area contributed by atoms with E-state index in [-0.39, 0.29) is 12.5 Å². The Balaban J connectivity index is 1.77. The quantitative estimate of drug-likeness (QED) is 0.719. The van der Waals surface area contributed by atoms with Crippen molar-refractivity contribution in [2.45, 2.75) is 20.3 Å². The number of hydrogen-bond donors (Lipinski definition) is 3. The summed E-state index contributed by atoms with van der Waals surface area (Å²) < 4.78 is 4.77. The fourth-order valence-corrected chi connectivity index (χ4v) is 2.88. The number of thiophene rings is 1. The molecule has 7 nitrogen and oxygen atoms in total. The van der Waals surface area contributed by atoms with E-state index in [1.807, 2.05) is 13.8 Å². The molecule has 0 spiro atoms. The Labute approximate surface area is 137 Å². The molecule has 2 rings (SSSR count). The van der Waals surface area contributed by atoms with Crippen molar-refractivity contribution in [1.82, 2.24) is 16.2 Å². The first-order valence-corrected chi connectivity index (χ1v) is 7.81. The van der Waals surface area contributed by atoms with E-state index in [1.54, 1.807) is 6.07 Å². The van der Waals surface area contributed by atoms with E-state index in [9.17, 15) is 14.4 Å². The maximum Gasteiger partial charge on any atom is 0.279 e. The van der Waals surface area contributed by atoms with E-state index >= 15 is 0 Å². The van der Waals surface area contributed by atoms with Gasteiger partial charge in [-0.25, -0.2) is 0 Å². The van der Waals surface area contributed by atoms with Gasteiger partial charge in [0.25, 0.3) is 17.7 Å². The van der Waals surface area contributed by atoms with E-state index < -0.39 is 11.8 Å². The van der Waals surface area contributed by atoms with E-state index in [0.717, 1.165) is 16.9 Å². The summed E-state index contributed by atoms with van der Waals surface area (Å²) in [5.74, 6) is -1.34. The Kier molecular flexibility index (Phi) is 5.53. The first-order chi connectivity index (χ1) is 11.0. The van der Waals surface area contributed by atoms with Gasteiger partial charge < -0.3 is 9.73 Å². The molecule has 122 valence electrons. The maximum atomic E-state index is 11.9. The zero-order chi connectivity index (χ0) is 16.8. The Morgan fingerprint density at radius 2 is 2.00 bits per heavy atom. The first-order valence-electron chi connectivity index (χ1n) is 7.00. The third-order valence-corrected chi connectivity index (χ3v) is 4.45. The number of rotatable bonds is 5. The summed E-state index contributed by atoms with van der Waals surface area (Å²) in [7, 11) is 0. The molecule has 0 aliphatic heterocycles. The molecular formula is C15H17N3O4S. The van der Waals surface area contributed by atoms with Crippen LogP contribution in [0.4, 0.5) is 0 Å². The number of carbonyl (C=O) groups excluding carboxylic acids is 3. The fourth-order valence-electron chi connectivity index (χ4n) is 1.87. The van der Waals surface area contributed by atoms with Crippen molar-refractivity contribution in [2.75, 3.05) is 6.54 Å². The van der Waals surface area contributed by atoms with Crippen LogP contribution in [0.15, 0.2) is 29.1 Å². The van der Waals surface area contributed by atoms with Crippen molar-refractivity contribution in [2.24, 2.45) is 0 Å². The van der Waals surface area contributed by atoms with Gasteiger partial charge >= 0.3 is 0 Å².